The fourth-order valence-electron chi connectivity index (χ4n) is 2.85. The largest absolute Gasteiger partial charge is 0.346 e. The van der Waals surface area contributed by atoms with Gasteiger partial charge in [0, 0.05) is 21.2 Å². The van der Waals surface area contributed by atoms with Crippen molar-refractivity contribution in [2.24, 2.45) is 0 Å². The maximum absolute atomic E-state index is 12.6. The lowest BCUT2D eigenvalue weighted by atomic mass is 10.0. The van der Waals surface area contributed by atoms with Gasteiger partial charge in [0.1, 0.15) is 0 Å². The van der Waals surface area contributed by atoms with Crippen LogP contribution >= 0.6 is 23.4 Å². The molecule has 1 N–H and O–H groups in total. The number of hydrogen-bond donors (Lipinski definition) is 1. The Kier molecular flexibility index (Phi) is 6.82. The molecule has 0 aliphatic heterocycles. The molecule has 0 saturated heterocycles. The van der Waals surface area contributed by atoms with Crippen molar-refractivity contribution in [3.63, 3.8) is 0 Å². The van der Waals surface area contributed by atoms with Crippen molar-refractivity contribution in [3.05, 3.63) is 99.6 Å². The smallest absolute Gasteiger partial charge is 0.251 e. The van der Waals surface area contributed by atoms with Gasteiger partial charge in [-0.2, -0.15) is 0 Å². The third kappa shape index (κ3) is 5.40. The van der Waals surface area contributed by atoms with E-state index in [9.17, 15) is 4.79 Å². The Bertz CT molecular complexity index is 951. The van der Waals surface area contributed by atoms with Crippen LogP contribution in [-0.2, 0) is 5.75 Å². The van der Waals surface area contributed by atoms with Crippen LogP contribution in [0.25, 0.3) is 0 Å². The van der Waals surface area contributed by atoms with Gasteiger partial charge in [-0.15, -0.1) is 11.8 Å². The molecule has 0 aliphatic carbocycles. The summed E-state index contributed by atoms with van der Waals surface area (Å²) in [5, 5.41) is 3.83. The summed E-state index contributed by atoms with van der Waals surface area (Å²) in [6.45, 7) is 6.20. The molecular formula is C24H24ClNOS. The fraction of sp³-hybridized carbons (Fsp3) is 0.208. The van der Waals surface area contributed by atoms with Crippen LogP contribution in [0.2, 0.25) is 5.02 Å². The number of rotatable bonds is 6. The first-order valence-electron chi connectivity index (χ1n) is 9.27. The summed E-state index contributed by atoms with van der Waals surface area (Å²) in [6, 6.07) is 21.9. The highest BCUT2D eigenvalue weighted by molar-refractivity contribution is 7.98. The van der Waals surface area contributed by atoms with Gasteiger partial charge < -0.3 is 5.32 Å². The van der Waals surface area contributed by atoms with Crippen LogP contribution in [0.3, 0.4) is 0 Å². The molecule has 0 unspecified atom stereocenters. The van der Waals surface area contributed by atoms with Crippen molar-refractivity contribution < 1.29 is 4.79 Å². The van der Waals surface area contributed by atoms with Crippen LogP contribution < -0.4 is 5.32 Å². The van der Waals surface area contributed by atoms with E-state index in [4.69, 9.17) is 11.6 Å². The van der Waals surface area contributed by atoms with E-state index in [0.717, 1.165) is 16.3 Å². The van der Waals surface area contributed by atoms with Gasteiger partial charge in [0.05, 0.1) is 6.04 Å². The minimum atomic E-state index is -0.0531. The van der Waals surface area contributed by atoms with Gasteiger partial charge in [0.15, 0.2) is 0 Å². The number of carbonyl (C=O) groups excluding carboxylic acids is 1. The third-order valence-electron chi connectivity index (χ3n) is 4.81. The number of halogens is 1. The minimum Gasteiger partial charge on any atom is -0.346 e. The van der Waals surface area contributed by atoms with Crippen molar-refractivity contribution in [1.29, 1.82) is 0 Å². The predicted octanol–water partition coefficient (Wildman–Crippen LogP) is 6.74. The van der Waals surface area contributed by atoms with Crippen LogP contribution in [0.4, 0.5) is 0 Å². The van der Waals surface area contributed by atoms with Gasteiger partial charge in [-0.1, -0.05) is 41.9 Å². The second kappa shape index (κ2) is 9.31. The van der Waals surface area contributed by atoms with Crippen molar-refractivity contribution >= 4 is 29.3 Å². The average molecular weight is 410 g/mol. The molecule has 3 rings (SSSR count). The number of benzene rings is 3. The Morgan fingerprint density at radius 2 is 1.64 bits per heavy atom. The van der Waals surface area contributed by atoms with Gasteiger partial charge in [-0.3, -0.25) is 4.79 Å². The second-order valence-corrected chi connectivity index (χ2v) is 8.46. The molecule has 3 aromatic carbocycles. The van der Waals surface area contributed by atoms with Gasteiger partial charge in [0.2, 0.25) is 0 Å². The Hall–Kier alpha value is -2.23. The first kappa shape index (κ1) is 20.5. The molecule has 2 nitrogen and oxygen atoms in total. The summed E-state index contributed by atoms with van der Waals surface area (Å²) in [6.07, 6.45) is 0. The highest BCUT2D eigenvalue weighted by Crippen LogP contribution is 2.24. The van der Waals surface area contributed by atoms with Crippen LogP contribution in [0.5, 0.6) is 0 Å². The molecular weight excluding hydrogens is 386 g/mol. The van der Waals surface area contributed by atoms with Crippen molar-refractivity contribution in [2.75, 3.05) is 0 Å². The molecule has 1 atom stereocenters. The molecule has 0 aliphatic rings. The standard InChI is InChI=1S/C24H24ClNOS/c1-16-4-7-21(14-17(16)2)18(3)26-24(27)20-8-5-19(6-9-20)15-28-23-12-10-22(25)11-13-23/h4-14,18H,15H2,1-3H3,(H,26,27)/t18-/m0/s1. The predicted molar refractivity (Wildman–Crippen MR) is 119 cm³/mol. The summed E-state index contributed by atoms with van der Waals surface area (Å²) in [5.74, 6) is 0.797. The third-order valence-corrected chi connectivity index (χ3v) is 6.15. The molecule has 0 heterocycles. The summed E-state index contributed by atoms with van der Waals surface area (Å²) < 4.78 is 0. The molecule has 1 amide bonds. The molecule has 0 aromatic heterocycles. The van der Waals surface area contributed by atoms with Crippen molar-refractivity contribution in [3.8, 4) is 0 Å². The van der Waals surface area contributed by atoms with Crippen LogP contribution in [0.1, 0.15) is 45.6 Å². The zero-order valence-corrected chi connectivity index (χ0v) is 17.9. The molecule has 0 saturated carbocycles. The van der Waals surface area contributed by atoms with E-state index in [1.54, 1.807) is 11.8 Å². The van der Waals surface area contributed by atoms with Crippen LogP contribution in [0.15, 0.2) is 71.6 Å². The van der Waals surface area contributed by atoms with E-state index in [2.05, 4.69) is 37.4 Å². The first-order chi connectivity index (χ1) is 13.4. The Labute approximate surface area is 176 Å². The zero-order valence-electron chi connectivity index (χ0n) is 16.3. The Balaban J connectivity index is 1.58. The first-order valence-corrected chi connectivity index (χ1v) is 10.6. The fourth-order valence-corrected chi connectivity index (χ4v) is 3.83. The zero-order chi connectivity index (χ0) is 20.1. The Morgan fingerprint density at radius 1 is 0.964 bits per heavy atom. The molecule has 0 radical (unpaired) electrons. The molecule has 0 fully saturated rings. The van der Waals surface area contributed by atoms with Gasteiger partial charge in [-0.05, 0) is 79.4 Å². The van der Waals surface area contributed by atoms with E-state index in [1.807, 2.05) is 55.5 Å². The lowest BCUT2D eigenvalue weighted by Crippen LogP contribution is -2.26. The molecule has 144 valence electrons. The molecule has 0 bridgehead atoms. The van der Waals surface area contributed by atoms with E-state index in [1.165, 1.54) is 21.6 Å². The van der Waals surface area contributed by atoms with Crippen LogP contribution in [0, 0.1) is 13.8 Å². The highest BCUT2D eigenvalue weighted by atomic mass is 35.5. The number of carbonyl (C=O) groups is 1. The maximum Gasteiger partial charge on any atom is 0.251 e. The summed E-state index contributed by atoms with van der Waals surface area (Å²) in [5.41, 5.74) is 5.47. The second-order valence-electron chi connectivity index (χ2n) is 6.98. The molecule has 4 heteroatoms. The van der Waals surface area contributed by atoms with Crippen molar-refractivity contribution in [1.82, 2.24) is 5.32 Å². The van der Waals surface area contributed by atoms with Gasteiger partial charge in [0.25, 0.3) is 5.91 Å². The Morgan fingerprint density at radius 3 is 2.29 bits per heavy atom. The number of nitrogens with one attached hydrogen (secondary N) is 1. The summed E-state index contributed by atoms with van der Waals surface area (Å²) in [7, 11) is 0. The quantitative estimate of drug-likeness (QED) is 0.456. The lowest BCUT2D eigenvalue weighted by Gasteiger charge is -2.16. The topological polar surface area (TPSA) is 29.1 Å². The average Bonchev–Trinajstić information content (AvgIpc) is 2.70. The van der Waals surface area contributed by atoms with Gasteiger partial charge >= 0.3 is 0 Å². The number of amides is 1. The van der Waals surface area contributed by atoms with E-state index in [-0.39, 0.29) is 11.9 Å². The number of thioether (sulfide) groups is 1. The van der Waals surface area contributed by atoms with Crippen LogP contribution in [-0.4, -0.2) is 5.91 Å². The lowest BCUT2D eigenvalue weighted by molar-refractivity contribution is 0.0940. The minimum absolute atomic E-state index is 0.0352. The number of aryl methyl sites for hydroxylation is 2. The number of hydrogen-bond acceptors (Lipinski definition) is 2. The summed E-state index contributed by atoms with van der Waals surface area (Å²) in [4.78, 5) is 13.7. The normalized spacial score (nSPS) is 11.9. The molecule has 0 spiro atoms. The van der Waals surface area contributed by atoms with Gasteiger partial charge in [-0.25, -0.2) is 0 Å². The molecule has 3 aromatic rings. The van der Waals surface area contributed by atoms with E-state index >= 15 is 0 Å². The summed E-state index contributed by atoms with van der Waals surface area (Å²) >= 11 is 7.67. The SMILES string of the molecule is Cc1ccc([C@H](C)NC(=O)c2ccc(CSc3ccc(Cl)cc3)cc2)cc1C. The highest BCUT2D eigenvalue weighted by Gasteiger charge is 2.12. The van der Waals surface area contributed by atoms with Crippen molar-refractivity contribution in [2.45, 2.75) is 37.5 Å². The van der Waals surface area contributed by atoms with E-state index < -0.39 is 0 Å². The maximum atomic E-state index is 12.6. The van der Waals surface area contributed by atoms with E-state index in [0.29, 0.717) is 5.56 Å². The molecule has 28 heavy (non-hydrogen) atoms. The monoisotopic (exact) mass is 409 g/mol.